The van der Waals surface area contributed by atoms with Crippen molar-refractivity contribution in [3.8, 4) is 22.8 Å². The Morgan fingerprint density at radius 1 is 1.04 bits per heavy atom. The van der Waals surface area contributed by atoms with E-state index < -0.39 is 0 Å². The van der Waals surface area contributed by atoms with Crippen LogP contribution >= 0.6 is 0 Å². The molecular formula is C20H19N7O. The highest BCUT2D eigenvalue weighted by atomic mass is 16.3. The molecule has 0 amide bonds. The number of hydrogen-bond acceptors (Lipinski definition) is 7. The van der Waals surface area contributed by atoms with Gasteiger partial charge in [0.05, 0.1) is 30.4 Å². The van der Waals surface area contributed by atoms with Crippen molar-refractivity contribution < 1.29 is 5.11 Å². The first-order valence-electron chi connectivity index (χ1n) is 8.88. The van der Waals surface area contributed by atoms with Crippen molar-refractivity contribution in [2.45, 2.75) is 12.5 Å². The Labute approximate surface area is 161 Å². The smallest absolute Gasteiger partial charge is 0.180 e. The van der Waals surface area contributed by atoms with E-state index in [0.717, 1.165) is 17.0 Å². The number of H-pyrrole nitrogens is 1. The number of rotatable bonds is 7. The summed E-state index contributed by atoms with van der Waals surface area (Å²) in [4.78, 5) is 24.9. The summed E-state index contributed by atoms with van der Waals surface area (Å²) in [5, 5.41) is 13.1. The maximum atomic E-state index is 9.79. The van der Waals surface area contributed by atoms with Gasteiger partial charge in [-0.05, 0) is 24.3 Å². The van der Waals surface area contributed by atoms with Crippen molar-refractivity contribution in [2.24, 2.45) is 0 Å². The molecular weight excluding hydrogens is 354 g/mol. The van der Waals surface area contributed by atoms with Gasteiger partial charge in [0, 0.05) is 42.8 Å². The van der Waals surface area contributed by atoms with Gasteiger partial charge in [-0.25, -0.2) is 15.0 Å². The minimum atomic E-state index is -0.239. The summed E-state index contributed by atoms with van der Waals surface area (Å²) < 4.78 is 0. The lowest BCUT2D eigenvalue weighted by Gasteiger charge is -2.17. The molecule has 0 saturated carbocycles. The van der Waals surface area contributed by atoms with E-state index in [1.165, 1.54) is 0 Å². The molecule has 8 nitrogen and oxygen atoms in total. The van der Waals surface area contributed by atoms with Gasteiger partial charge >= 0.3 is 0 Å². The molecule has 0 unspecified atom stereocenters. The first-order chi connectivity index (χ1) is 13.8. The fourth-order valence-electron chi connectivity index (χ4n) is 2.82. The normalized spacial score (nSPS) is 11.9. The minimum absolute atomic E-state index is 0.0575. The molecule has 0 aliphatic rings. The SMILES string of the molecule is OC[C@H](Cc1c[nH]cn1)Nc1cc(-c2cccnc2)nc(-c2ccccn2)n1. The fraction of sp³-hybridized carbons (Fsp3) is 0.150. The van der Waals surface area contributed by atoms with E-state index in [-0.39, 0.29) is 12.6 Å². The van der Waals surface area contributed by atoms with Crippen molar-refractivity contribution in [2.75, 3.05) is 11.9 Å². The van der Waals surface area contributed by atoms with E-state index in [0.29, 0.717) is 23.8 Å². The van der Waals surface area contributed by atoms with Crippen LogP contribution in [0.1, 0.15) is 5.69 Å². The van der Waals surface area contributed by atoms with Gasteiger partial charge in [0.15, 0.2) is 5.82 Å². The molecule has 4 aromatic heterocycles. The average Bonchev–Trinajstić information content (AvgIpc) is 3.27. The van der Waals surface area contributed by atoms with Gasteiger partial charge in [0.1, 0.15) is 11.5 Å². The summed E-state index contributed by atoms with van der Waals surface area (Å²) in [5.74, 6) is 1.10. The van der Waals surface area contributed by atoms with Gasteiger partial charge in [0.2, 0.25) is 0 Å². The Bertz CT molecular complexity index is 950. The molecule has 0 fully saturated rings. The molecule has 4 rings (SSSR count). The number of nitrogens with one attached hydrogen (secondary N) is 2. The third-order valence-electron chi connectivity index (χ3n) is 4.16. The third-order valence-corrected chi connectivity index (χ3v) is 4.16. The number of pyridine rings is 2. The number of anilines is 1. The Hall–Kier alpha value is -3.65. The first kappa shape index (κ1) is 17.7. The van der Waals surface area contributed by atoms with Gasteiger partial charge in [0.25, 0.3) is 0 Å². The summed E-state index contributed by atoms with van der Waals surface area (Å²) in [5.41, 5.74) is 3.13. The van der Waals surface area contributed by atoms with Crippen molar-refractivity contribution >= 4 is 5.82 Å². The molecule has 1 atom stereocenters. The average molecular weight is 373 g/mol. The standard InChI is InChI=1S/C20H19N7O/c28-12-16(8-15-11-22-13-24-15)25-19-9-18(14-4-3-6-21-10-14)26-20(27-19)17-5-1-2-7-23-17/h1-7,9-11,13,16,28H,8,12H2,(H,22,24)(H,25,26,27)/t16-/m0/s1. The quantitative estimate of drug-likeness (QED) is 0.456. The van der Waals surface area contributed by atoms with Crippen molar-refractivity contribution in [3.63, 3.8) is 0 Å². The zero-order valence-electron chi connectivity index (χ0n) is 15.0. The number of aromatic amines is 1. The highest BCUT2D eigenvalue weighted by Crippen LogP contribution is 2.23. The van der Waals surface area contributed by atoms with Crippen LogP contribution in [0.25, 0.3) is 22.8 Å². The highest BCUT2D eigenvalue weighted by Gasteiger charge is 2.14. The number of hydrogen-bond donors (Lipinski definition) is 3. The van der Waals surface area contributed by atoms with Crippen molar-refractivity contribution in [3.05, 3.63) is 73.2 Å². The van der Waals surface area contributed by atoms with Crippen LogP contribution in [0, 0.1) is 0 Å². The van der Waals surface area contributed by atoms with E-state index in [1.807, 2.05) is 42.6 Å². The Morgan fingerprint density at radius 2 is 2.00 bits per heavy atom. The Balaban J connectivity index is 1.69. The minimum Gasteiger partial charge on any atom is -0.394 e. The number of nitrogens with zero attached hydrogens (tertiary/aromatic N) is 5. The summed E-state index contributed by atoms with van der Waals surface area (Å²) in [6.07, 6.45) is 9.16. The molecule has 0 aliphatic carbocycles. The molecule has 28 heavy (non-hydrogen) atoms. The first-order valence-corrected chi connectivity index (χ1v) is 8.88. The monoisotopic (exact) mass is 373 g/mol. The van der Waals surface area contributed by atoms with Gasteiger partial charge in [-0.3, -0.25) is 9.97 Å². The second kappa shape index (κ2) is 8.36. The van der Waals surface area contributed by atoms with E-state index in [1.54, 1.807) is 24.9 Å². The third kappa shape index (κ3) is 4.18. The Morgan fingerprint density at radius 3 is 2.71 bits per heavy atom. The van der Waals surface area contributed by atoms with Crippen LogP contribution < -0.4 is 5.32 Å². The van der Waals surface area contributed by atoms with E-state index in [2.05, 4.69) is 35.2 Å². The molecule has 4 aromatic rings. The second-order valence-electron chi connectivity index (χ2n) is 6.21. The summed E-state index contributed by atoms with van der Waals surface area (Å²) >= 11 is 0. The van der Waals surface area contributed by atoms with E-state index >= 15 is 0 Å². The molecule has 0 spiro atoms. The molecule has 3 N–H and O–H groups in total. The molecule has 0 saturated heterocycles. The van der Waals surface area contributed by atoms with Gasteiger partial charge < -0.3 is 15.4 Å². The Kier molecular flexibility index (Phi) is 5.30. The lowest BCUT2D eigenvalue weighted by molar-refractivity contribution is 0.273. The zero-order valence-corrected chi connectivity index (χ0v) is 15.0. The van der Waals surface area contributed by atoms with Crippen molar-refractivity contribution in [1.29, 1.82) is 0 Å². The highest BCUT2D eigenvalue weighted by molar-refractivity contribution is 5.65. The van der Waals surface area contributed by atoms with E-state index in [9.17, 15) is 5.11 Å². The van der Waals surface area contributed by atoms with Gasteiger partial charge in [-0.2, -0.15) is 0 Å². The summed E-state index contributed by atoms with van der Waals surface area (Å²) in [6.45, 7) is -0.0575. The number of aliphatic hydroxyl groups is 1. The maximum Gasteiger partial charge on any atom is 0.180 e. The van der Waals surface area contributed by atoms with Crippen LogP contribution in [-0.4, -0.2) is 47.7 Å². The molecule has 4 heterocycles. The maximum absolute atomic E-state index is 9.79. The molecule has 140 valence electrons. The van der Waals surface area contributed by atoms with Gasteiger partial charge in [-0.1, -0.05) is 6.07 Å². The predicted octanol–water partition coefficient (Wildman–Crippen LogP) is 2.34. The second-order valence-corrected chi connectivity index (χ2v) is 6.21. The predicted molar refractivity (Wildman–Crippen MR) is 105 cm³/mol. The summed E-state index contributed by atoms with van der Waals surface area (Å²) in [7, 11) is 0. The molecule has 0 radical (unpaired) electrons. The lowest BCUT2D eigenvalue weighted by Crippen LogP contribution is -2.27. The van der Waals surface area contributed by atoms with E-state index in [4.69, 9.17) is 0 Å². The molecule has 8 heteroatoms. The fourth-order valence-corrected chi connectivity index (χ4v) is 2.82. The van der Waals surface area contributed by atoms with Crippen molar-refractivity contribution in [1.82, 2.24) is 29.9 Å². The van der Waals surface area contributed by atoms with Gasteiger partial charge in [-0.15, -0.1) is 0 Å². The lowest BCUT2D eigenvalue weighted by atomic mass is 10.1. The van der Waals surface area contributed by atoms with Crippen LogP contribution in [0.4, 0.5) is 5.82 Å². The number of imidazole rings is 1. The zero-order chi connectivity index (χ0) is 19.2. The molecule has 0 aliphatic heterocycles. The number of aromatic nitrogens is 6. The molecule has 0 bridgehead atoms. The van der Waals surface area contributed by atoms with Crippen LogP contribution in [-0.2, 0) is 6.42 Å². The topological polar surface area (TPSA) is 112 Å². The van der Waals surface area contributed by atoms with Crippen LogP contribution in [0.3, 0.4) is 0 Å². The molecule has 0 aromatic carbocycles. The van der Waals surface area contributed by atoms with Crippen LogP contribution in [0.15, 0.2) is 67.5 Å². The van der Waals surface area contributed by atoms with Crippen LogP contribution in [0.5, 0.6) is 0 Å². The largest absolute Gasteiger partial charge is 0.394 e. The summed E-state index contributed by atoms with van der Waals surface area (Å²) in [6, 6.07) is 11.0. The number of aliphatic hydroxyl groups excluding tert-OH is 1. The van der Waals surface area contributed by atoms with Crippen LogP contribution in [0.2, 0.25) is 0 Å².